The smallest absolute Gasteiger partial charge is 0.129 e. The molecular formula is C19H23N5. The normalized spacial score (nSPS) is 16.8. The van der Waals surface area contributed by atoms with Gasteiger partial charge in [0, 0.05) is 18.8 Å². The highest BCUT2D eigenvalue weighted by Gasteiger charge is 2.20. The molecule has 0 aliphatic carbocycles. The molecule has 24 heavy (non-hydrogen) atoms. The van der Waals surface area contributed by atoms with Crippen molar-refractivity contribution >= 4 is 11.0 Å². The summed E-state index contributed by atoms with van der Waals surface area (Å²) >= 11 is 0. The number of benzene rings is 1. The van der Waals surface area contributed by atoms with Crippen LogP contribution in [0.1, 0.15) is 30.9 Å². The number of rotatable bonds is 5. The van der Waals surface area contributed by atoms with Crippen molar-refractivity contribution in [3.8, 4) is 0 Å². The zero-order chi connectivity index (χ0) is 16.7. The van der Waals surface area contributed by atoms with Crippen molar-refractivity contribution in [2.75, 3.05) is 0 Å². The number of aryl methyl sites for hydroxylation is 2. The Hall–Kier alpha value is -2.56. The molecular weight excluding hydrogens is 298 g/mol. The molecule has 0 saturated carbocycles. The summed E-state index contributed by atoms with van der Waals surface area (Å²) in [6, 6.07) is 6.97. The lowest BCUT2D eigenvalue weighted by molar-refractivity contribution is 0.275. The predicted octanol–water partition coefficient (Wildman–Crippen LogP) is 3.33. The van der Waals surface area contributed by atoms with Gasteiger partial charge in [-0.2, -0.15) is 0 Å². The molecule has 0 spiro atoms. The maximum Gasteiger partial charge on any atom is 0.129 e. The van der Waals surface area contributed by atoms with Gasteiger partial charge in [-0.25, -0.2) is 9.97 Å². The highest BCUT2D eigenvalue weighted by molar-refractivity contribution is 5.77. The first-order valence-electron chi connectivity index (χ1n) is 8.54. The fourth-order valence-electron chi connectivity index (χ4n) is 3.25. The Morgan fingerprint density at radius 1 is 1.21 bits per heavy atom. The molecule has 2 aromatic heterocycles. The summed E-state index contributed by atoms with van der Waals surface area (Å²) in [4.78, 5) is 11.5. The summed E-state index contributed by atoms with van der Waals surface area (Å²) in [5, 5.41) is 0. The molecule has 3 heterocycles. The van der Waals surface area contributed by atoms with Crippen LogP contribution in [-0.2, 0) is 19.6 Å². The summed E-state index contributed by atoms with van der Waals surface area (Å²) in [5.41, 5.74) is 4.74. The monoisotopic (exact) mass is 321 g/mol. The molecule has 1 unspecified atom stereocenters. The highest BCUT2D eigenvalue weighted by atomic mass is 15.2. The van der Waals surface area contributed by atoms with Gasteiger partial charge in [-0.3, -0.25) is 0 Å². The van der Waals surface area contributed by atoms with Gasteiger partial charge in [0.15, 0.2) is 0 Å². The van der Waals surface area contributed by atoms with Gasteiger partial charge in [0.05, 0.1) is 36.1 Å². The first-order valence-corrected chi connectivity index (χ1v) is 8.54. The number of nitrogens with zero attached hydrogens (tertiary/aromatic N) is 5. The maximum absolute atomic E-state index is 4.90. The van der Waals surface area contributed by atoms with Crippen molar-refractivity contribution in [1.82, 2.24) is 24.0 Å². The number of fused-ring (bicyclic) bond motifs is 1. The molecule has 3 aromatic rings. The third kappa shape index (κ3) is 2.50. The van der Waals surface area contributed by atoms with Crippen LogP contribution in [0.15, 0.2) is 43.0 Å². The molecule has 0 saturated heterocycles. The predicted molar refractivity (Wildman–Crippen MR) is 95.6 cm³/mol. The minimum atomic E-state index is 0.487. The third-order valence-electron chi connectivity index (χ3n) is 4.85. The standard InChI is InChI=1S/C19H23N5/c1-4-22-13-20-10-16(22)11-24-18-9-14(2)5-6-17(18)21-19(24)12-23-8-7-15(23)3/h5-10,13,15H,4,11-12H2,1-3H3. The first kappa shape index (κ1) is 15.0. The molecule has 0 bridgehead atoms. The molecule has 0 N–H and O–H groups in total. The Morgan fingerprint density at radius 3 is 2.79 bits per heavy atom. The number of aromatic nitrogens is 4. The van der Waals surface area contributed by atoms with Gasteiger partial charge in [0.2, 0.25) is 0 Å². The van der Waals surface area contributed by atoms with E-state index in [9.17, 15) is 0 Å². The second-order valence-corrected chi connectivity index (χ2v) is 6.53. The van der Waals surface area contributed by atoms with Crippen molar-refractivity contribution in [1.29, 1.82) is 0 Å². The molecule has 1 atom stereocenters. The third-order valence-corrected chi connectivity index (χ3v) is 4.85. The second-order valence-electron chi connectivity index (χ2n) is 6.53. The molecule has 5 heteroatoms. The van der Waals surface area contributed by atoms with Crippen LogP contribution in [0.4, 0.5) is 0 Å². The lowest BCUT2D eigenvalue weighted by Crippen LogP contribution is -2.34. The highest BCUT2D eigenvalue weighted by Crippen LogP contribution is 2.23. The molecule has 0 radical (unpaired) electrons. The first-order chi connectivity index (χ1) is 11.7. The largest absolute Gasteiger partial charge is 0.364 e. The summed E-state index contributed by atoms with van der Waals surface area (Å²) in [6.45, 7) is 9.06. The van der Waals surface area contributed by atoms with Crippen molar-refractivity contribution in [2.24, 2.45) is 0 Å². The molecule has 1 aliphatic rings. The van der Waals surface area contributed by atoms with E-state index in [1.54, 1.807) is 0 Å². The Bertz CT molecular complexity index is 902. The van der Waals surface area contributed by atoms with Crippen molar-refractivity contribution in [2.45, 2.75) is 46.4 Å². The zero-order valence-electron chi connectivity index (χ0n) is 14.5. The average Bonchev–Trinajstić information content (AvgIpc) is 3.16. The van der Waals surface area contributed by atoms with Crippen LogP contribution in [0.25, 0.3) is 11.0 Å². The number of imidazole rings is 2. The molecule has 1 aromatic carbocycles. The zero-order valence-corrected chi connectivity index (χ0v) is 14.5. The van der Waals surface area contributed by atoms with E-state index in [2.05, 4.69) is 70.3 Å². The van der Waals surface area contributed by atoms with E-state index in [-0.39, 0.29) is 0 Å². The molecule has 4 rings (SSSR count). The fourth-order valence-corrected chi connectivity index (χ4v) is 3.25. The molecule has 1 aliphatic heterocycles. The van der Waals surface area contributed by atoms with Gasteiger partial charge in [-0.15, -0.1) is 0 Å². The molecule has 5 nitrogen and oxygen atoms in total. The quantitative estimate of drug-likeness (QED) is 0.723. The van der Waals surface area contributed by atoms with E-state index in [0.717, 1.165) is 31.0 Å². The van der Waals surface area contributed by atoms with Crippen LogP contribution < -0.4 is 0 Å². The Kier molecular flexibility index (Phi) is 3.63. The number of hydrogen-bond acceptors (Lipinski definition) is 3. The van der Waals surface area contributed by atoms with Gasteiger partial charge >= 0.3 is 0 Å². The number of hydrogen-bond donors (Lipinski definition) is 0. The van der Waals surface area contributed by atoms with E-state index >= 15 is 0 Å². The van der Waals surface area contributed by atoms with Crippen LogP contribution in [0.3, 0.4) is 0 Å². The van der Waals surface area contributed by atoms with Gasteiger partial charge < -0.3 is 14.0 Å². The summed E-state index contributed by atoms with van der Waals surface area (Å²) in [5.74, 6) is 1.11. The van der Waals surface area contributed by atoms with Crippen molar-refractivity contribution in [3.05, 3.63) is 60.1 Å². The van der Waals surface area contributed by atoms with E-state index in [4.69, 9.17) is 4.98 Å². The van der Waals surface area contributed by atoms with E-state index in [1.165, 1.54) is 16.8 Å². The Balaban J connectivity index is 1.77. The maximum atomic E-state index is 4.90. The summed E-state index contributed by atoms with van der Waals surface area (Å²) in [7, 11) is 0. The van der Waals surface area contributed by atoms with Gasteiger partial charge in [-0.1, -0.05) is 6.07 Å². The van der Waals surface area contributed by atoms with Gasteiger partial charge in [0.25, 0.3) is 0 Å². The fraction of sp³-hybridized carbons (Fsp3) is 0.368. The lowest BCUT2D eigenvalue weighted by Gasteiger charge is -2.32. The summed E-state index contributed by atoms with van der Waals surface area (Å²) in [6.07, 6.45) is 8.22. The Labute approximate surface area is 142 Å². The van der Waals surface area contributed by atoms with Gasteiger partial charge in [-0.05, 0) is 50.7 Å². The second kappa shape index (κ2) is 5.82. The van der Waals surface area contributed by atoms with Crippen LogP contribution in [0.5, 0.6) is 0 Å². The molecule has 0 fully saturated rings. The van der Waals surface area contributed by atoms with Crippen LogP contribution in [0, 0.1) is 6.92 Å². The summed E-state index contributed by atoms with van der Waals surface area (Å²) < 4.78 is 4.53. The lowest BCUT2D eigenvalue weighted by atomic mass is 10.2. The average molecular weight is 321 g/mol. The SMILES string of the molecule is CCn1cncc1Cn1c(CN2C=CC2C)nc2ccc(C)cc21. The minimum absolute atomic E-state index is 0.487. The van der Waals surface area contributed by atoms with E-state index < -0.39 is 0 Å². The van der Waals surface area contributed by atoms with Crippen molar-refractivity contribution in [3.63, 3.8) is 0 Å². The van der Waals surface area contributed by atoms with Gasteiger partial charge in [0.1, 0.15) is 5.82 Å². The van der Waals surface area contributed by atoms with Crippen molar-refractivity contribution < 1.29 is 0 Å². The van der Waals surface area contributed by atoms with E-state index in [0.29, 0.717) is 6.04 Å². The minimum Gasteiger partial charge on any atom is -0.364 e. The van der Waals surface area contributed by atoms with Crippen LogP contribution in [-0.4, -0.2) is 30.0 Å². The van der Waals surface area contributed by atoms with Crippen LogP contribution >= 0.6 is 0 Å². The molecule has 0 amide bonds. The Morgan fingerprint density at radius 2 is 2.08 bits per heavy atom. The van der Waals surface area contributed by atoms with Crippen LogP contribution in [0.2, 0.25) is 0 Å². The molecule has 124 valence electrons. The topological polar surface area (TPSA) is 38.9 Å². The van der Waals surface area contributed by atoms with E-state index in [1.807, 2.05) is 12.5 Å².